The lowest BCUT2D eigenvalue weighted by molar-refractivity contribution is -0.119. The monoisotopic (exact) mass is 408 g/mol. The van der Waals surface area contributed by atoms with Crippen LogP contribution in [0, 0.1) is 6.92 Å². The highest BCUT2D eigenvalue weighted by molar-refractivity contribution is 7.99. The molecule has 1 atom stereocenters. The van der Waals surface area contributed by atoms with Gasteiger partial charge in [0.1, 0.15) is 5.82 Å². The first kappa shape index (κ1) is 20.0. The number of thioether (sulfide) groups is 1. The van der Waals surface area contributed by atoms with Gasteiger partial charge in [0.05, 0.1) is 11.8 Å². The van der Waals surface area contributed by atoms with Crippen LogP contribution in [0.3, 0.4) is 0 Å². The number of amides is 1. The number of hydrogen-bond donors (Lipinski definition) is 1. The summed E-state index contributed by atoms with van der Waals surface area (Å²) in [5.74, 6) is 1.31. The zero-order chi connectivity index (χ0) is 20.2. The summed E-state index contributed by atoms with van der Waals surface area (Å²) in [4.78, 5) is 12.6. The fraction of sp³-hybridized carbons (Fsp3) is 0.435. The number of carbonyl (C=O) groups is 1. The van der Waals surface area contributed by atoms with Crippen molar-refractivity contribution in [1.82, 2.24) is 20.1 Å². The SMILES string of the molecule is Cc1nnc(SCC(=O)NC(C)c2cccc3ccccc23)n1C1CCCCC1. The summed E-state index contributed by atoms with van der Waals surface area (Å²) in [7, 11) is 0. The molecule has 5 nitrogen and oxygen atoms in total. The van der Waals surface area contributed by atoms with Crippen molar-refractivity contribution in [1.29, 1.82) is 0 Å². The highest BCUT2D eigenvalue weighted by Gasteiger charge is 2.22. The van der Waals surface area contributed by atoms with Crippen molar-refractivity contribution in [3.8, 4) is 0 Å². The highest BCUT2D eigenvalue weighted by atomic mass is 32.2. The molecular formula is C23H28N4OS. The third-order valence-corrected chi connectivity index (χ3v) is 6.72. The molecule has 1 aromatic heterocycles. The second kappa shape index (κ2) is 8.99. The maximum absolute atomic E-state index is 12.6. The molecule has 1 fully saturated rings. The van der Waals surface area contributed by atoms with E-state index in [-0.39, 0.29) is 11.9 Å². The molecule has 152 valence electrons. The van der Waals surface area contributed by atoms with Crippen LogP contribution < -0.4 is 5.32 Å². The smallest absolute Gasteiger partial charge is 0.230 e. The third kappa shape index (κ3) is 4.47. The Labute approximate surface area is 176 Å². The van der Waals surface area contributed by atoms with Crippen molar-refractivity contribution in [3.63, 3.8) is 0 Å². The van der Waals surface area contributed by atoms with Crippen LogP contribution in [-0.4, -0.2) is 26.4 Å². The average Bonchev–Trinajstić information content (AvgIpc) is 3.12. The quantitative estimate of drug-likeness (QED) is 0.569. The summed E-state index contributed by atoms with van der Waals surface area (Å²) in [5.41, 5.74) is 1.14. The molecule has 1 heterocycles. The Kier molecular flexibility index (Phi) is 6.19. The van der Waals surface area contributed by atoms with Crippen LogP contribution in [0.25, 0.3) is 10.8 Å². The van der Waals surface area contributed by atoms with Crippen molar-refractivity contribution in [2.45, 2.75) is 63.2 Å². The lowest BCUT2D eigenvalue weighted by atomic mass is 9.95. The van der Waals surface area contributed by atoms with E-state index in [4.69, 9.17) is 0 Å². The summed E-state index contributed by atoms with van der Waals surface area (Å²) in [6, 6.07) is 14.9. The summed E-state index contributed by atoms with van der Waals surface area (Å²) in [6.07, 6.45) is 6.19. The third-order valence-electron chi connectivity index (χ3n) is 5.77. The minimum absolute atomic E-state index is 0.0197. The second-order valence-electron chi connectivity index (χ2n) is 7.84. The zero-order valence-electron chi connectivity index (χ0n) is 17.1. The number of nitrogens with one attached hydrogen (secondary N) is 1. The fourth-order valence-electron chi connectivity index (χ4n) is 4.33. The Bertz CT molecular complexity index is 988. The number of rotatable bonds is 6. The van der Waals surface area contributed by atoms with Crippen molar-refractivity contribution in [2.24, 2.45) is 0 Å². The standard InChI is InChI=1S/C23H28N4OS/c1-16(20-14-8-10-18-9-6-7-13-21(18)20)24-22(28)15-29-23-26-25-17(2)27(23)19-11-4-3-5-12-19/h6-10,13-14,16,19H,3-5,11-12,15H2,1-2H3,(H,24,28). The average molecular weight is 409 g/mol. The lowest BCUT2D eigenvalue weighted by Crippen LogP contribution is -2.28. The van der Waals surface area contributed by atoms with Gasteiger partial charge >= 0.3 is 0 Å². The lowest BCUT2D eigenvalue weighted by Gasteiger charge is -2.25. The van der Waals surface area contributed by atoms with Gasteiger partial charge in [-0.05, 0) is 43.0 Å². The molecule has 1 aliphatic carbocycles. The van der Waals surface area contributed by atoms with Crippen LogP contribution in [-0.2, 0) is 4.79 Å². The molecule has 4 rings (SSSR count). The number of aromatic nitrogens is 3. The summed E-state index contributed by atoms with van der Waals surface area (Å²) in [6.45, 7) is 4.05. The van der Waals surface area contributed by atoms with Crippen LogP contribution in [0.5, 0.6) is 0 Å². The van der Waals surface area contributed by atoms with Crippen molar-refractivity contribution < 1.29 is 4.79 Å². The van der Waals surface area contributed by atoms with Gasteiger partial charge in [0.15, 0.2) is 5.16 Å². The molecule has 0 spiro atoms. The van der Waals surface area contributed by atoms with Crippen LogP contribution in [0.1, 0.15) is 62.5 Å². The van der Waals surface area contributed by atoms with Crippen LogP contribution in [0.15, 0.2) is 47.6 Å². The first-order valence-corrected chi connectivity index (χ1v) is 11.4. The largest absolute Gasteiger partial charge is 0.349 e. The zero-order valence-corrected chi connectivity index (χ0v) is 17.9. The maximum atomic E-state index is 12.6. The van der Waals surface area contributed by atoms with Gasteiger partial charge in [-0.1, -0.05) is 73.5 Å². The number of benzene rings is 2. The number of fused-ring (bicyclic) bond motifs is 1. The Morgan fingerprint density at radius 1 is 1.14 bits per heavy atom. The van der Waals surface area contributed by atoms with Gasteiger partial charge in [0.25, 0.3) is 0 Å². The van der Waals surface area contributed by atoms with Crippen molar-refractivity contribution in [3.05, 3.63) is 53.9 Å². The number of nitrogens with zero attached hydrogens (tertiary/aromatic N) is 3. The molecule has 1 unspecified atom stereocenters. The van der Waals surface area contributed by atoms with E-state index in [1.807, 2.05) is 32.0 Å². The van der Waals surface area contributed by atoms with Gasteiger partial charge in [0.2, 0.25) is 5.91 Å². The van der Waals surface area contributed by atoms with Crippen LogP contribution in [0.4, 0.5) is 0 Å². The number of aryl methyl sites for hydroxylation is 1. The minimum atomic E-state index is -0.0489. The molecule has 0 bridgehead atoms. The fourth-order valence-corrected chi connectivity index (χ4v) is 5.19. The number of hydrogen-bond acceptors (Lipinski definition) is 4. The summed E-state index contributed by atoms with van der Waals surface area (Å²) >= 11 is 1.49. The Morgan fingerprint density at radius 3 is 2.72 bits per heavy atom. The molecule has 1 amide bonds. The Hall–Kier alpha value is -2.34. The van der Waals surface area contributed by atoms with Gasteiger partial charge in [-0.25, -0.2) is 0 Å². The van der Waals surface area contributed by atoms with E-state index in [1.165, 1.54) is 54.6 Å². The normalized spacial score (nSPS) is 16.1. The van der Waals surface area contributed by atoms with Crippen molar-refractivity contribution in [2.75, 3.05) is 5.75 Å². The predicted molar refractivity (Wildman–Crippen MR) is 118 cm³/mol. The second-order valence-corrected chi connectivity index (χ2v) is 8.78. The van der Waals surface area contributed by atoms with Crippen molar-refractivity contribution >= 4 is 28.4 Å². The Balaban J connectivity index is 1.40. The van der Waals surface area contributed by atoms with E-state index < -0.39 is 0 Å². The van der Waals surface area contributed by atoms with Gasteiger partial charge in [-0.15, -0.1) is 10.2 Å². The molecule has 1 saturated carbocycles. The van der Waals surface area contributed by atoms with E-state index in [1.54, 1.807) is 0 Å². The van der Waals surface area contributed by atoms with E-state index in [0.29, 0.717) is 11.8 Å². The van der Waals surface area contributed by atoms with E-state index in [9.17, 15) is 4.79 Å². The minimum Gasteiger partial charge on any atom is -0.349 e. The maximum Gasteiger partial charge on any atom is 0.230 e. The predicted octanol–water partition coefficient (Wildman–Crippen LogP) is 5.21. The Morgan fingerprint density at radius 2 is 1.90 bits per heavy atom. The van der Waals surface area contributed by atoms with E-state index in [0.717, 1.165) is 16.5 Å². The highest BCUT2D eigenvalue weighted by Crippen LogP contribution is 2.32. The molecular weight excluding hydrogens is 380 g/mol. The molecule has 0 radical (unpaired) electrons. The molecule has 0 aliphatic heterocycles. The molecule has 2 aromatic carbocycles. The van der Waals surface area contributed by atoms with E-state index >= 15 is 0 Å². The molecule has 1 aliphatic rings. The van der Waals surface area contributed by atoms with Crippen LogP contribution in [0.2, 0.25) is 0 Å². The molecule has 3 aromatic rings. The van der Waals surface area contributed by atoms with Crippen LogP contribution >= 0.6 is 11.8 Å². The molecule has 29 heavy (non-hydrogen) atoms. The van der Waals surface area contributed by atoms with Gasteiger partial charge in [-0.3, -0.25) is 4.79 Å². The van der Waals surface area contributed by atoms with Gasteiger partial charge in [-0.2, -0.15) is 0 Å². The first-order chi connectivity index (χ1) is 14.1. The number of carbonyl (C=O) groups excluding carboxylic acids is 1. The van der Waals surface area contributed by atoms with E-state index in [2.05, 4.69) is 44.3 Å². The first-order valence-electron chi connectivity index (χ1n) is 10.4. The van der Waals surface area contributed by atoms with Gasteiger partial charge < -0.3 is 9.88 Å². The topological polar surface area (TPSA) is 59.8 Å². The molecule has 1 N–H and O–H groups in total. The molecule has 6 heteroatoms. The summed E-state index contributed by atoms with van der Waals surface area (Å²) in [5, 5.41) is 15.0. The van der Waals surface area contributed by atoms with Gasteiger partial charge in [0, 0.05) is 6.04 Å². The summed E-state index contributed by atoms with van der Waals surface area (Å²) < 4.78 is 2.24. The molecule has 0 saturated heterocycles.